The van der Waals surface area contributed by atoms with Gasteiger partial charge in [-0.2, -0.15) is 0 Å². The Morgan fingerprint density at radius 3 is 1.85 bits per heavy atom. The summed E-state index contributed by atoms with van der Waals surface area (Å²) in [6.45, 7) is 9.56. The van der Waals surface area contributed by atoms with Gasteiger partial charge in [-0.1, -0.05) is 174 Å². The van der Waals surface area contributed by atoms with Crippen LogP contribution < -0.4 is 5.32 Å². The van der Waals surface area contributed by atoms with Crippen LogP contribution in [-0.4, -0.2) is 4.57 Å². The average molecular weight is 701 g/mol. The summed E-state index contributed by atoms with van der Waals surface area (Å²) in [7, 11) is 0. The Bertz CT molecular complexity index is 2600. The highest BCUT2D eigenvalue weighted by Crippen LogP contribution is 2.48. The standard InChI is InChI=1S/C52H48N2/c1-5-35(2)28-50(54-48-27-17-15-25-44(48)45-33-39-22-12-13-23-40(39)34-49(45)54)53-51-46(43-24-14-16-26-47(43)52(51,3)4)31-36-29-41(37-18-8-6-9-19-37)32-42(30-36)38-20-10-7-11-21-38/h6-27,29-30,32-35,50,53H,5,28,31H2,1-4H3/t35-,50?/m0/s1. The van der Waals surface area contributed by atoms with Gasteiger partial charge in [0.1, 0.15) is 6.17 Å². The van der Waals surface area contributed by atoms with Crippen LogP contribution in [0.1, 0.15) is 63.4 Å². The van der Waals surface area contributed by atoms with Gasteiger partial charge in [-0.3, -0.25) is 0 Å². The number of nitrogens with zero attached hydrogens (tertiary/aromatic N) is 1. The molecule has 1 aliphatic rings. The highest BCUT2D eigenvalue weighted by atomic mass is 15.2. The summed E-state index contributed by atoms with van der Waals surface area (Å²) in [6, 6.07) is 60.5. The maximum atomic E-state index is 4.36. The van der Waals surface area contributed by atoms with Crippen molar-refractivity contribution in [3.63, 3.8) is 0 Å². The summed E-state index contributed by atoms with van der Waals surface area (Å²) < 4.78 is 2.62. The largest absolute Gasteiger partial charge is 0.367 e. The van der Waals surface area contributed by atoms with Gasteiger partial charge >= 0.3 is 0 Å². The molecule has 8 aromatic rings. The van der Waals surface area contributed by atoms with Crippen molar-refractivity contribution in [2.24, 2.45) is 5.92 Å². The molecule has 0 amide bonds. The number of allylic oxidation sites excluding steroid dienone is 2. The monoisotopic (exact) mass is 700 g/mol. The summed E-state index contributed by atoms with van der Waals surface area (Å²) in [5.41, 5.74) is 14.1. The van der Waals surface area contributed by atoms with Crippen molar-refractivity contribution in [3.05, 3.63) is 186 Å². The van der Waals surface area contributed by atoms with Gasteiger partial charge in [0.25, 0.3) is 0 Å². The van der Waals surface area contributed by atoms with Crippen molar-refractivity contribution < 1.29 is 0 Å². The van der Waals surface area contributed by atoms with Gasteiger partial charge in [-0.15, -0.1) is 0 Å². The lowest BCUT2D eigenvalue weighted by molar-refractivity contribution is 0.339. The maximum Gasteiger partial charge on any atom is 0.104 e. The third-order valence-electron chi connectivity index (χ3n) is 12.0. The lowest BCUT2D eigenvalue weighted by Gasteiger charge is -2.33. The number of fused-ring (bicyclic) bond motifs is 5. The fraction of sp³-hybridized carbons (Fsp3) is 0.192. The Balaban J connectivity index is 1.23. The van der Waals surface area contributed by atoms with E-state index < -0.39 is 0 Å². The molecule has 0 bridgehead atoms. The molecular weight excluding hydrogens is 653 g/mol. The molecule has 2 nitrogen and oxygen atoms in total. The molecule has 0 radical (unpaired) electrons. The van der Waals surface area contributed by atoms with Crippen LogP contribution in [0, 0.1) is 5.92 Å². The number of hydrogen-bond donors (Lipinski definition) is 1. The topological polar surface area (TPSA) is 17.0 Å². The highest BCUT2D eigenvalue weighted by Gasteiger charge is 2.39. The molecule has 1 unspecified atom stereocenters. The van der Waals surface area contributed by atoms with E-state index in [4.69, 9.17) is 0 Å². The van der Waals surface area contributed by atoms with Crippen LogP contribution in [0.5, 0.6) is 0 Å². The van der Waals surface area contributed by atoms with E-state index in [1.807, 2.05) is 0 Å². The van der Waals surface area contributed by atoms with Crippen LogP contribution in [0.25, 0.3) is 60.4 Å². The van der Waals surface area contributed by atoms with Crippen LogP contribution in [0.15, 0.2) is 169 Å². The molecule has 0 saturated carbocycles. The van der Waals surface area contributed by atoms with Gasteiger partial charge < -0.3 is 9.88 Å². The predicted molar refractivity (Wildman–Crippen MR) is 231 cm³/mol. The molecule has 1 N–H and O–H groups in total. The second kappa shape index (κ2) is 13.8. The third-order valence-corrected chi connectivity index (χ3v) is 12.0. The van der Waals surface area contributed by atoms with Crippen LogP contribution in [-0.2, 0) is 11.8 Å². The molecule has 54 heavy (non-hydrogen) atoms. The number of para-hydroxylation sites is 1. The number of nitrogens with one attached hydrogen (secondary N) is 1. The molecule has 0 aliphatic heterocycles. The minimum atomic E-state index is -0.204. The molecule has 1 aliphatic carbocycles. The maximum absolute atomic E-state index is 4.36. The Kier molecular flexibility index (Phi) is 8.70. The molecule has 2 heteroatoms. The first-order valence-corrected chi connectivity index (χ1v) is 19.7. The molecule has 0 fully saturated rings. The van der Waals surface area contributed by atoms with E-state index in [1.165, 1.54) is 82.8 Å². The van der Waals surface area contributed by atoms with Crippen molar-refractivity contribution in [1.29, 1.82) is 0 Å². The van der Waals surface area contributed by atoms with E-state index in [1.54, 1.807) is 0 Å². The van der Waals surface area contributed by atoms with Crippen molar-refractivity contribution in [3.8, 4) is 22.3 Å². The molecule has 0 spiro atoms. The Morgan fingerprint density at radius 2 is 1.17 bits per heavy atom. The lowest BCUT2D eigenvalue weighted by Crippen LogP contribution is -2.35. The molecule has 2 atom stereocenters. The lowest BCUT2D eigenvalue weighted by atomic mass is 9.84. The number of aromatic nitrogens is 1. The zero-order valence-electron chi connectivity index (χ0n) is 31.8. The Hall–Kier alpha value is -5.86. The summed E-state index contributed by atoms with van der Waals surface area (Å²) >= 11 is 0. The SMILES string of the molecule is CC[C@H](C)CC(NC1=C(Cc2cc(-c3ccccc3)cc(-c3ccccc3)c2)c2ccccc2C1(C)C)n1c2ccccc2c2cc3ccccc3cc21. The van der Waals surface area contributed by atoms with Gasteiger partial charge in [0.15, 0.2) is 0 Å². The van der Waals surface area contributed by atoms with Gasteiger partial charge in [0.05, 0.1) is 11.0 Å². The van der Waals surface area contributed by atoms with Crippen LogP contribution in [0.3, 0.4) is 0 Å². The van der Waals surface area contributed by atoms with Crippen molar-refractivity contribution in [2.45, 2.75) is 58.5 Å². The fourth-order valence-corrected chi connectivity index (χ4v) is 8.95. The Labute approximate surface area is 319 Å². The van der Waals surface area contributed by atoms with Crippen molar-refractivity contribution in [1.82, 2.24) is 9.88 Å². The molecule has 1 aromatic heterocycles. The average Bonchev–Trinajstić information content (AvgIpc) is 3.64. The van der Waals surface area contributed by atoms with Gasteiger partial charge in [-0.05, 0) is 98.3 Å². The summed E-state index contributed by atoms with van der Waals surface area (Å²) in [6.07, 6.45) is 3.03. The minimum absolute atomic E-state index is 0.0534. The third kappa shape index (κ3) is 6.00. The first kappa shape index (κ1) is 33.9. The van der Waals surface area contributed by atoms with E-state index in [-0.39, 0.29) is 11.6 Å². The van der Waals surface area contributed by atoms with Gasteiger partial charge in [-0.25, -0.2) is 0 Å². The summed E-state index contributed by atoms with van der Waals surface area (Å²) in [5, 5.41) is 9.54. The molecule has 7 aromatic carbocycles. The number of hydrogen-bond acceptors (Lipinski definition) is 1. The zero-order valence-corrected chi connectivity index (χ0v) is 31.8. The first-order chi connectivity index (χ1) is 26.4. The van der Waals surface area contributed by atoms with Crippen LogP contribution in [0.4, 0.5) is 0 Å². The molecule has 0 saturated heterocycles. The van der Waals surface area contributed by atoms with E-state index in [0.29, 0.717) is 5.92 Å². The molecule has 1 heterocycles. The molecular formula is C52H48N2. The highest BCUT2D eigenvalue weighted by molar-refractivity contribution is 6.12. The van der Waals surface area contributed by atoms with E-state index in [9.17, 15) is 0 Å². The zero-order chi connectivity index (χ0) is 36.8. The van der Waals surface area contributed by atoms with Gasteiger partial charge in [0.2, 0.25) is 0 Å². The normalized spacial score (nSPS) is 14.8. The van der Waals surface area contributed by atoms with E-state index in [0.717, 1.165) is 19.3 Å². The van der Waals surface area contributed by atoms with Gasteiger partial charge in [0, 0.05) is 21.9 Å². The van der Waals surface area contributed by atoms with Crippen molar-refractivity contribution >= 4 is 38.2 Å². The van der Waals surface area contributed by atoms with Crippen molar-refractivity contribution in [2.75, 3.05) is 0 Å². The minimum Gasteiger partial charge on any atom is -0.367 e. The first-order valence-electron chi connectivity index (χ1n) is 19.7. The smallest absolute Gasteiger partial charge is 0.104 e. The van der Waals surface area contributed by atoms with Crippen LogP contribution >= 0.6 is 0 Å². The van der Waals surface area contributed by atoms with Crippen LogP contribution in [0.2, 0.25) is 0 Å². The summed E-state index contributed by atoms with van der Waals surface area (Å²) in [4.78, 5) is 0. The quantitative estimate of drug-likeness (QED) is 0.150. The van der Waals surface area contributed by atoms with E-state index >= 15 is 0 Å². The summed E-state index contributed by atoms with van der Waals surface area (Å²) in [5.74, 6) is 0.533. The Morgan fingerprint density at radius 1 is 0.574 bits per heavy atom. The predicted octanol–water partition coefficient (Wildman–Crippen LogP) is 13.8. The fourth-order valence-electron chi connectivity index (χ4n) is 8.95. The molecule has 266 valence electrons. The number of rotatable bonds is 10. The second-order valence-electron chi connectivity index (χ2n) is 15.9. The molecule has 9 rings (SSSR count). The van der Waals surface area contributed by atoms with E-state index in [2.05, 4.69) is 201 Å². The number of benzene rings is 7. The second-order valence-corrected chi connectivity index (χ2v) is 15.9.